The Morgan fingerprint density at radius 2 is 1.83 bits per heavy atom. The van der Waals surface area contributed by atoms with Crippen molar-refractivity contribution < 1.29 is 33.0 Å². The van der Waals surface area contributed by atoms with Gasteiger partial charge in [-0.05, 0) is 36.8 Å². The molecule has 3 amide bonds. The van der Waals surface area contributed by atoms with E-state index in [0.717, 1.165) is 16.0 Å². The first kappa shape index (κ1) is 23.6. The average molecular weight is 476 g/mol. The van der Waals surface area contributed by atoms with Gasteiger partial charge < -0.3 is 23.9 Å². The Morgan fingerprint density at radius 1 is 1.06 bits per heavy atom. The molecule has 180 valence electrons. The van der Waals surface area contributed by atoms with Crippen molar-refractivity contribution in [3.05, 3.63) is 88.5 Å². The van der Waals surface area contributed by atoms with Gasteiger partial charge in [0.05, 0.1) is 20.8 Å². The fourth-order valence-electron chi connectivity index (χ4n) is 3.50. The highest BCUT2D eigenvalue weighted by molar-refractivity contribution is 6.14. The number of urea groups is 1. The maximum atomic E-state index is 13.0. The Morgan fingerprint density at radius 3 is 2.54 bits per heavy atom. The van der Waals surface area contributed by atoms with Gasteiger partial charge in [0.1, 0.15) is 18.1 Å². The van der Waals surface area contributed by atoms with Crippen LogP contribution in [0, 0.1) is 6.92 Å². The van der Waals surface area contributed by atoms with Crippen LogP contribution in [0.15, 0.2) is 64.7 Å². The quantitative estimate of drug-likeness (QED) is 0.297. The summed E-state index contributed by atoms with van der Waals surface area (Å²) in [5.41, 5.74) is 2.75. The van der Waals surface area contributed by atoms with Gasteiger partial charge in [-0.25, -0.2) is 9.59 Å². The highest BCUT2D eigenvalue weighted by Crippen LogP contribution is 2.34. The molecule has 0 atom stereocenters. The fourth-order valence-corrected chi connectivity index (χ4v) is 3.50. The summed E-state index contributed by atoms with van der Waals surface area (Å²) in [6.45, 7) is 2.16. The number of esters is 1. The summed E-state index contributed by atoms with van der Waals surface area (Å²) in [6.07, 6.45) is 1.54. The van der Waals surface area contributed by atoms with Crippen molar-refractivity contribution in [3.8, 4) is 11.5 Å². The molecule has 1 N–H and O–H groups in total. The van der Waals surface area contributed by atoms with E-state index in [9.17, 15) is 14.4 Å². The van der Waals surface area contributed by atoms with Crippen LogP contribution in [0.25, 0.3) is 6.08 Å². The zero-order valence-corrected chi connectivity index (χ0v) is 19.5. The molecular weight excluding hydrogens is 452 g/mol. The van der Waals surface area contributed by atoms with Gasteiger partial charge in [-0.1, -0.05) is 42.0 Å². The van der Waals surface area contributed by atoms with Crippen LogP contribution in [0.2, 0.25) is 0 Å². The number of aryl methyl sites for hydroxylation is 1. The number of rotatable bonds is 8. The lowest BCUT2D eigenvalue weighted by Gasteiger charge is -2.14. The van der Waals surface area contributed by atoms with Crippen molar-refractivity contribution in [2.24, 2.45) is 0 Å². The number of imide groups is 1. The minimum atomic E-state index is -0.648. The lowest BCUT2D eigenvalue weighted by Crippen LogP contribution is -2.30. The second-order valence-electron chi connectivity index (χ2n) is 7.79. The minimum Gasteiger partial charge on any atom is -0.493 e. The second-order valence-corrected chi connectivity index (χ2v) is 7.79. The molecule has 1 aromatic heterocycles. The molecule has 1 aliphatic rings. The fraction of sp³-hybridized carbons (Fsp3) is 0.192. The summed E-state index contributed by atoms with van der Waals surface area (Å²) in [5.74, 6) is -0.0115. The van der Waals surface area contributed by atoms with Gasteiger partial charge >= 0.3 is 12.0 Å². The van der Waals surface area contributed by atoms with Crippen LogP contribution in [-0.4, -0.2) is 37.0 Å². The molecule has 1 aliphatic heterocycles. The number of nitrogens with zero attached hydrogens (tertiary/aromatic N) is 1. The Hall–Kier alpha value is -4.53. The van der Waals surface area contributed by atoms with E-state index in [1.54, 1.807) is 18.2 Å². The smallest absolute Gasteiger partial charge is 0.373 e. The minimum absolute atomic E-state index is 0.0166. The van der Waals surface area contributed by atoms with E-state index in [-0.39, 0.29) is 23.8 Å². The number of para-hydroxylation sites is 1. The van der Waals surface area contributed by atoms with Crippen LogP contribution < -0.4 is 14.8 Å². The Balaban J connectivity index is 1.55. The van der Waals surface area contributed by atoms with E-state index in [2.05, 4.69) is 10.1 Å². The van der Waals surface area contributed by atoms with E-state index in [0.29, 0.717) is 23.7 Å². The monoisotopic (exact) mass is 476 g/mol. The van der Waals surface area contributed by atoms with Crippen LogP contribution in [-0.2, 0) is 22.7 Å². The molecule has 1 saturated heterocycles. The first-order valence-electron chi connectivity index (χ1n) is 10.8. The molecule has 0 bridgehead atoms. The summed E-state index contributed by atoms with van der Waals surface area (Å²) in [6, 6.07) is 15.5. The highest BCUT2D eigenvalue weighted by atomic mass is 16.5. The summed E-state index contributed by atoms with van der Waals surface area (Å²) < 4.78 is 21.5. The molecule has 0 saturated carbocycles. The second kappa shape index (κ2) is 10.2. The normalized spacial score (nSPS) is 14.3. The van der Waals surface area contributed by atoms with Gasteiger partial charge in [-0.2, -0.15) is 0 Å². The molecule has 3 aromatic rings. The number of amides is 3. The van der Waals surface area contributed by atoms with Crippen LogP contribution in [0.1, 0.15) is 33.0 Å². The lowest BCUT2D eigenvalue weighted by molar-refractivity contribution is -0.123. The van der Waals surface area contributed by atoms with Crippen LogP contribution in [0.4, 0.5) is 4.79 Å². The zero-order chi connectivity index (χ0) is 24.9. The van der Waals surface area contributed by atoms with E-state index in [4.69, 9.17) is 13.9 Å². The van der Waals surface area contributed by atoms with Crippen molar-refractivity contribution in [1.29, 1.82) is 0 Å². The maximum absolute atomic E-state index is 13.0. The van der Waals surface area contributed by atoms with E-state index in [1.807, 2.05) is 31.2 Å². The SMILES string of the molecule is COC(=O)c1ccc(CN2C(=O)NC(=Cc3cccc(OC)c3OCc3ccc(C)cc3)C2=O)o1. The Kier molecular flexibility index (Phi) is 6.86. The van der Waals surface area contributed by atoms with Crippen LogP contribution >= 0.6 is 0 Å². The molecular formula is C26H24N2O7. The first-order chi connectivity index (χ1) is 16.9. The summed E-state index contributed by atoms with van der Waals surface area (Å²) in [4.78, 5) is 38.0. The number of furan rings is 1. The van der Waals surface area contributed by atoms with Gasteiger partial charge in [0.15, 0.2) is 11.5 Å². The molecule has 2 aromatic carbocycles. The maximum Gasteiger partial charge on any atom is 0.373 e. The standard InChI is InChI=1S/C26H24N2O7/c1-16-7-9-17(10-8-16)15-34-23-18(5-4-6-21(23)32-2)13-20-24(29)28(26(31)27-20)14-19-11-12-22(35-19)25(30)33-3/h4-13H,14-15H2,1-3H3,(H,27,31). The topological polar surface area (TPSA) is 107 Å². The highest BCUT2D eigenvalue weighted by Gasteiger charge is 2.34. The Bertz CT molecular complexity index is 1290. The molecule has 9 heteroatoms. The third-order valence-corrected chi connectivity index (χ3v) is 5.36. The van der Waals surface area contributed by atoms with Gasteiger partial charge in [-0.15, -0.1) is 0 Å². The molecule has 4 rings (SSSR count). The number of hydrogen-bond acceptors (Lipinski definition) is 7. The first-order valence-corrected chi connectivity index (χ1v) is 10.8. The van der Waals surface area contributed by atoms with Gasteiger partial charge in [0, 0.05) is 5.56 Å². The van der Waals surface area contributed by atoms with Crippen molar-refractivity contribution in [1.82, 2.24) is 10.2 Å². The third-order valence-electron chi connectivity index (χ3n) is 5.36. The molecule has 0 radical (unpaired) electrons. The van der Waals surface area contributed by atoms with Crippen molar-refractivity contribution in [2.45, 2.75) is 20.1 Å². The zero-order valence-electron chi connectivity index (χ0n) is 19.5. The van der Waals surface area contributed by atoms with E-state index < -0.39 is 17.9 Å². The number of carbonyl (C=O) groups excluding carboxylic acids is 3. The average Bonchev–Trinajstić information content (AvgIpc) is 3.44. The van der Waals surface area contributed by atoms with Crippen molar-refractivity contribution >= 4 is 24.0 Å². The molecule has 0 spiro atoms. The number of nitrogens with one attached hydrogen (secondary N) is 1. The van der Waals surface area contributed by atoms with Crippen molar-refractivity contribution in [2.75, 3.05) is 14.2 Å². The number of ether oxygens (including phenoxy) is 3. The molecule has 0 aliphatic carbocycles. The van der Waals surface area contributed by atoms with Crippen LogP contribution in [0.5, 0.6) is 11.5 Å². The van der Waals surface area contributed by atoms with E-state index >= 15 is 0 Å². The number of hydrogen-bond donors (Lipinski definition) is 1. The van der Waals surface area contributed by atoms with Gasteiger partial charge in [0.25, 0.3) is 5.91 Å². The third kappa shape index (κ3) is 5.19. The molecule has 9 nitrogen and oxygen atoms in total. The summed E-state index contributed by atoms with van der Waals surface area (Å²) in [5, 5.41) is 2.58. The molecule has 1 fully saturated rings. The van der Waals surface area contributed by atoms with Crippen molar-refractivity contribution in [3.63, 3.8) is 0 Å². The lowest BCUT2D eigenvalue weighted by atomic mass is 10.1. The predicted molar refractivity (Wildman–Crippen MR) is 126 cm³/mol. The van der Waals surface area contributed by atoms with Gasteiger partial charge in [0.2, 0.25) is 5.76 Å². The largest absolute Gasteiger partial charge is 0.493 e. The molecule has 0 unspecified atom stereocenters. The van der Waals surface area contributed by atoms with Crippen LogP contribution in [0.3, 0.4) is 0 Å². The molecule has 2 heterocycles. The summed E-state index contributed by atoms with van der Waals surface area (Å²) >= 11 is 0. The number of benzene rings is 2. The molecule has 35 heavy (non-hydrogen) atoms. The van der Waals surface area contributed by atoms with E-state index in [1.165, 1.54) is 32.4 Å². The predicted octanol–water partition coefficient (Wildman–Crippen LogP) is 4.06. The Labute approximate surface area is 201 Å². The number of methoxy groups -OCH3 is 2. The van der Waals surface area contributed by atoms with Gasteiger partial charge in [-0.3, -0.25) is 9.69 Å². The number of carbonyl (C=O) groups is 3. The summed E-state index contributed by atoms with van der Waals surface area (Å²) in [7, 11) is 2.76.